The highest BCUT2D eigenvalue weighted by atomic mass is 32.2. The molecule has 21 heavy (non-hydrogen) atoms. The molecule has 1 aliphatic carbocycles. The number of aliphatic hydroxyl groups is 1. The monoisotopic (exact) mass is 309 g/mol. The van der Waals surface area contributed by atoms with Crippen LogP contribution in [0.1, 0.15) is 30.7 Å². The lowest BCUT2D eigenvalue weighted by Crippen LogP contribution is -2.45. The maximum absolute atomic E-state index is 12.9. The van der Waals surface area contributed by atoms with Gasteiger partial charge in [0, 0.05) is 12.5 Å². The molecule has 2 N–H and O–H groups in total. The summed E-state index contributed by atoms with van der Waals surface area (Å²) in [5.74, 6) is 1.83. The summed E-state index contributed by atoms with van der Waals surface area (Å²) in [4.78, 5) is 12.1. The van der Waals surface area contributed by atoms with Gasteiger partial charge in [-0.25, -0.2) is 4.39 Å². The molecule has 3 rings (SSSR count). The van der Waals surface area contributed by atoms with Crippen LogP contribution in [0.25, 0.3) is 0 Å². The highest BCUT2D eigenvalue weighted by Crippen LogP contribution is 2.47. The smallest absolute Gasteiger partial charge is 0.223 e. The van der Waals surface area contributed by atoms with Crippen LogP contribution in [0.4, 0.5) is 4.39 Å². The van der Waals surface area contributed by atoms with Gasteiger partial charge >= 0.3 is 0 Å². The van der Waals surface area contributed by atoms with E-state index in [1.165, 1.54) is 12.1 Å². The van der Waals surface area contributed by atoms with Gasteiger partial charge in [0.1, 0.15) is 5.82 Å². The predicted molar refractivity (Wildman–Crippen MR) is 81.8 cm³/mol. The largest absolute Gasteiger partial charge is 0.388 e. The Morgan fingerprint density at radius 2 is 2.00 bits per heavy atom. The molecule has 2 aliphatic rings. The van der Waals surface area contributed by atoms with Crippen LogP contribution >= 0.6 is 11.8 Å². The van der Waals surface area contributed by atoms with Gasteiger partial charge in [0.15, 0.2) is 0 Å². The number of carbonyl (C=O) groups excluding carboxylic acids is 1. The number of rotatable bonds is 4. The van der Waals surface area contributed by atoms with Gasteiger partial charge in [-0.3, -0.25) is 4.79 Å². The molecule has 1 saturated carbocycles. The van der Waals surface area contributed by atoms with Crippen LogP contribution in [0.15, 0.2) is 24.3 Å². The summed E-state index contributed by atoms with van der Waals surface area (Å²) >= 11 is 1.85. The summed E-state index contributed by atoms with van der Waals surface area (Å²) in [5, 5.41) is 13.3. The van der Waals surface area contributed by atoms with E-state index in [1.807, 2.05) is 11.8 Å². The normalized spacial score (nSPS) is 27.1. The molecule has 0 bridgehead atoms. The van der Waals surface area contributed by atoms with Crippen LogP contribution in [-0.4, -0.2) is 34.7 Å². The molecule has 1 aromatic rings. The molecule has 1 aromatic carbocycles. The number of amides is 1. The van der Waals surface area contributed by atoms with E-state index in [4.69, 9.17) is 0 Å². The van der Waals surface area contributed by atoms with Crippen LogP contribution in [-0.2, 0) is 4.79 Å². The van der Waals surface area contributed by atoms with Crippen molar-refractivity contribution in [1.82, 2.24) is 5.32 Å². The van der Waals surface area contributed by atoms with Crippen molar-refractivity contribution >= 4 is 17.7 Å². The van der Waals surface area contributed by atoms with Crippen molar-refractivity contribution in [3.8, 4) is 0 Å². The molecule has 3 nitrogen and oxygen atoms in total. The highest BCUT2D eigenvalue weighted by Gasteiger charge is 2.44. The molecule has 1 saturated heterocycles. The topological polar surface area (TPSA) is 49.3 Å². The Bertz CT molecular complexity index is 514. The fraction of sp³-hybridized carbons (Fsp3) is 0.562. The second-order valence-electron chi connectivity index (χ2n) is 6.05. The Labute approximate surface area is 128 Å². The van der Waals surface area contributed by atoms with E-state index in [1.54, 1.807) is 12.1 Å². The van der Waals surface area contributed by atoms with Crippen molar-refractivity contribution in [3.63, 3.8) is 0 Å². The van der Waals surface area contributed by atoms with E-state index in [-0.39, 0.29) is 23.6 Å². The number of hydrogen-bond acceptors (Lipinski definition) is 3. The van der Waals surface area contributed by atoms with E-state index in [0.717, 1.165) is 36.3 Å². The van der Waals surface area contributed by atoms with Crippen LogP contribution in [0.5, 0.6) is 0 Å². The Kier molecular flexibility index (Phi) is 4.22. The Morgan fingerprint density at radius 3 is 2.67 bits per heavy atom. The molecule has 0 spiro atoms. The maximum atomic E-state index is 12.9. The summed E-state index contributed by atoms with van der Waals surface area (Å²) in [7, 11) is 0. The first-order chi connectivity index (χ1) is 10.1. The highest BCUT2D eigenvalue weighted by molar-refractivity contribution is 7.99. The van der Waals surface area contributed by atoms with E-state index in [2.05, 4.69) is 5.32 Å². The van der Waals surface area contributed by atoms with Crippen molar-refractivity contribution in [1.29, 1.82) is 0 Å². The zero-order valence-electron chi connectivity index (χ0n) is 11.8. The number of thioether (sulfide) groups is 1. The van der Waals surface area contributed by atoms with Gasteiger partial charge in [0.05, 0.1) is 5.60 Å². The molecule has 0 aromatic heterocycles. The Morgan fingerprint density at radius 1 is 1.33 bits per heavy atom. The van der Waals surface area contributed by atoms with E-state index >= 15 is 0 Å². The molecule has 2 unspecified atom stereocenters. The first-order valence-corrected chi connectivity index (χ1v) is 8.56. The summed E-state index contributed by atoms with van der Waals surface area (Å²) < 4.78 is 12.9. The summed E-state index contributed by atoms with van der Waals surface area (Å²) in [6.07, 6.45) is 2.29. The van der Waals surface area contributed by atoms with E-state index in [0.29, 0.717) is 6.54 Å². The van der Waals surface area contributed by atoms with Gasteiger partial charge < -0.3 is 10.4 Å². The molecule has 1 heterocycles. The standard InChI is InChI=1S/C16H20FNO2S/c17-12-3-1-11(2-4-12)13-9-14(13)15(19)18-10-16(20)5-7-21-8-6-16/h1-4,13-14,20H,5-10H2,(H,18,19). The molecule has 1 amide bonds. The SMILES string of the molecule is O=C(NCC1(O)CCSCC1)C1CC1c1ccc(F)cc1. The molecular formula is C16H20FNO2S. The molecule has 5 heteroatoms. The number of halogens is 1. The minimum atomic E-state index is -0.735. The average molecular weight is 309 g/mol. The first kappa shape index (κ1) is 14.9. The molecule has 1 aliphatic heterocycles. The third-order valence-corrected chi connectivity index (χ3v) is 5.43. The van der Waals surface area contributed by atoms with Crippen molar-refractivity contribution in [2.75, 3.05) is 18.1 Å². The lowest BCUT2D eigenvalue weighted by atomic mass is 9.97. The van der Waals surface area contributed by atoms with Crippen molar-refractivity contribution < 1.29 is 14.3 Å². The fourth-order valence-corrected chi connectivity index (χ4v) is 4.13. The number of carbonyl (C=O) groups is 1. The van der Waals surface area contributed by atoms with Gasteiger partial charge in [0.2, 0.25) is 5.91 Å². The summed E-state index contributed by atoms with van der Waals surface area (Å²) in [5.41, 5.74) is 0.283. The minimum Gasteiger partial charge on any atom is -0.388 e. The van der Waals surface area contributed by atoms with Crippen LogP contribution < -0.4 is 5.32 Å². The third-order valence-electron chi connectivity index (χ3n) is 4.44. The van der Waals surface area contributed by atoms with Crippen LogP contribution in [0, 0.1) is 11.7 Å². The molecule has 2 fully saturated rings. The van der Waals surface area contributed by atoms with Gasteiger partial charge in [-0.1, -0.05) is 12.1 Å². The van der Waals surface area contributed by atoms with Crippen LogP contribution in [0.2, 0.25) is 0 Å². The molecule has 2 atom stereocenters. The quantitative estimate of drug-likeness (QED) is 0.897. The summed E-state index contributed by atoms with van der Waals surface area (Å²) in [6, 6.07) is 6.37. The molecular weight excluding hydrogens is 289 g/mol. The molecule has 0 radical (unpaired) electrons. The first-order valence-electron chi connectivity index (χ1n) is 7.41. The number of benzene rings is 1. The number of hydrogen-bond donors (Lipinski definition) is 2. The average Bonchev–Trinajstić information content (AvgIpc) is 3.27. The zero-order chi connectivity index (χ0) is 14.9. The van der Waals surface area contributed by atoms with Crippen LogP contribution in [0.3, 0.4) is 0 Å². The zero-order valence-corrected chi connectivity index (χ0v) is 12.7. The Balaban J connectivity index is 1.50. The summed E-state index contributed by atoms with van der Waals surface area (Å²) in [6.45, 7) is 0.346. The minimum absolute atomic E-state index is 0.0102. The van der Waals surface area contributed by atoms with Gasteiger partial charge in [-0.15, -0.1) is 0 Å². The van der Waals surface area contributed by atoms with Gasteiger partial charge in [-0.05, 0) is 54.4 Å². The Hall–Kier alpha value is -1.07. The molecule has 114 valence electrons. The van der Waals surface area contributed by atoms with Gasteiger partial charge in [-0.2, -0.15) is 11.8 Å². The van der Waals surface area contributed by atoms with E-state index in [9.17, 15) is 14.3 Å². The van der Waals surface area contributed by atoms with Gasteiger partial charge in [0.25, 0.3) is 0 Å². The van der Waals surface area contributed by atoms with Crippen molar-refractivity contribution in [2.45, 2.75) is 30.8 Å². The predicted octanol–water partition coefficient (Wildman–Crippen LogP) is 2.30. The lowest BCUT2D eigenvalue weighted by molar-refractivity contribution is -0.123. The van der Waals surface area contributed by atoms with E-state index < -0.39 is 5.60 Å². The lowest BCUT2D eigenvalue weighted by Gasteiger charge is -2.31. The second-order valence-corrected chi connectivity index (χ2v) is 7.28. The number of nitrogens with one attached hydrogen (secondary N) is 1. The fourth-order valence-electron chi connectivity index (χ4n) is 2.87. The van der Waals surface area contributed by atoms with Crippen molar-refractivity contribution in [2.24, 2.45) is 5.92 Å². The second kappa shape index (κ2) is 5.97. The van der Waals surface area contributed by atoms with Crippen molar-refractivity contribution in [3.05, 3.63) is 35.6 Å². The third kappa shape index (κ3) is 3.58. The maximum Gasteiger partial charge on any atom is 0.223 e.